The van der Waals surface area contributed by atoms with E-state index in [4.69, 9.17) is 11.6 Å². The van der Waals surface area contributed by atoms with Crippen LogP contribution in [-0.2, 0) is 6.42 Å². The summed E-state index contributed by atoms with van der Waals surface area (Å²) in [6.07, 6.45) is 0.454. The number of thiophene rings is 1. The fourth-order valence-electron chi connectivity index (χ4n) is 2.33. The van der Waals surface area contributed by atoms with Crippen molar-refractivity contribution in [2.24, 2.45) is 0 Å². The second-order valence-corrected chi connectivity index (χ2v) is 7.52. The molecule has 2 unspecified atom stereocenters. The van der Waals surface area contributed by atoms with Crippen molar-refractivity contribution < 1.29 is 5.11 Å². The molecule has 22 heavy (non-hydrogen) atoms. The second kappa shape index (κ2) is 8.11. The van der Waals surface area contributed by atoms with Crippen LogP contribution in [0.1, 0.15) is 48.8 Å². The first kappa shape index (κ1) is 17.5. The molecule has 4 heteroatoms. The molecule has 0 aliphatic rings. The minimum atomic E-state index is -0.532. The highest BCUT2D eigenvalue weighted by Gasteiger charge is 2.11. The second-order valence-electron chi connectivity index (χ2n) is 6.09. The summed E-state index contributed by atoms with van der Waals surface area (Å²) in [7, 11) is 0. The van der Waals surface area contributed by atoms with Gasteiger partial charge in [-0.3, -0.25) is 0 Å². The van der Waals surface area contributed by atoms with Gasteiger partial charge in [-0.1, -0.05) is 37.6 Å². The van der Waals surface area contributed by atoms with E-state index < -0.39 is 6.10 Å². The Kier molecular flexibility index (Phi) is 6.45. The van der Waals surface area contributed by atoms with Crippen LogP contribution in [0.3, 0.4) is 0 Å². The molecule has 2 N–H and O–H groups in total. The normalized spacial score (nSPS) is 14.3. The molecule has 1 heterocycles. The van der Waals surface area contributed by atoms with Crippen molar-refractivity contribution in [3.63, 3.8) is 0 Å². The quantitative estimate of drug-likeness (QED) is 0.762. The highest BCUT2D eigenvalue weighted by atomic mass is 35.5. The van der Waals surface area contributed by atoms with Crippen LogP contribution >= 0.6 is 22.9 Å². The third-order valence-corrected chi connectivity index (χ3v) is 4.95. The predicted molar refractivity (Wildman–Crippen MR) is 96.0 cm³/mol. The number of rotatable bonds is 7. The molecule has 2 nitrogen and oxygen atoms in total. The minimum absolute atomic E-state index is 0.326. The number of aliphatic hydroxyl groups is 1. The van der Waals surface area contributed by atoms with E-state index in [0.29, 0.717) is 23.5 Å². The summed E-state index contributed by atoms with van der Waals surface area (Å²) in [4.78, 5) is 1.39. The van der Waals surface area contributed by atoms with Crippen molar-refractivity contribution in [3.8, 4) is 0 Å². The van der Waals surface area contributed by atoms with Crippen LogP contribution in [0.25, 0.3) is 0 Å². The van der Waals surface area contributed by atoms with Crippen LogP contribution in [0.15, 0.2) is 35.7 Å². The van der Waals surface area contributed by atoms with Crippen molar-refractivity contribution in [2.75, 3.05) is 6.54 Å². The molecular formula is C18H24ClNOS. The lowest BCUT2D eigenvalue weighted by Crippen LogP contribution is -2.31. The van der Waals surface area contributed by atoms with E-state index >= 15 is 0 Å². The van der Waals surface area contributed by atoms with Crippen LogP contribution in [0.5, 0.6) is 0 Å². The van der Waals surface area contributed by atoms with Gasteiger partial charge in [0, 0.05) is 22.5 Å². The van der Waals surface area contributed by atoms with Crippen molar-refractivity contribution in [1.29, 1.82) is 0 Å². The molecule has 0 radical (unpaired) electrons. The van der Waals surface area contributed by atoms with Gasteiger partial charge in [0.25, 0.3) is 0 Å². The van der Waals surface area contributed by atoms with Crippen molar-refractivity contribution in [1.82, 2.24) is 5.32 Å². The summed E-state index contributed by atoms with van der Waals surface area (Å²) >= 11 is 7.78. The fourth-order valence-corrected chi connectivity index (χ4v) is 3.70. The zero-order valence-corrected chi connectivity index (χ0v) is 14.9. The topological polar surface area (TPSA) is 32.3 Å². The Balaban J connectivity index is 1.83. The maximum absolute atomic E-state index is 10.2. The summed E-state index contributed by atoms with van der Waals surface area (Å²) in [5.74, 6) is 0.581. The van der Waals surface area contributed by atoms with Crippen molar-refractivity contribution in [3.05, 3.63) is 56.7 Å². The monoisotopic (exact) mass is 337 g/mol. The molecule has 0 amide bonds. The van der Waals surface area contributed by atoms with E-state index in [1.165, 1.54) is 10.4 Å². The lowest BCUT2D eigenvalue weighted by Gasteiger charge is -2.17. The Bertz CT molecular complexity index is 596. The SMILES string of the molecule is CC(Cc1cc(C(C)C)cs1)NCC(O)c1cccc(Cl)c1. The average molecular weight is 338 g/mol. The Morgan fingerprint density at radius 1 is 1.18 bits per heavy atom. The first-order chi connectivity index (χ1) is 10.5. The molecule has 2 rings (SSSR count). The number of hydrogen-bond acceptors (Lipinski definition) is 3. The highest BCUT2D eigenvalue weighted by Crippen LogP contribution is 2.23. The Morgan fingerprint density at radius 2 is 1.95 bits per heavy atom. The number of aliphatic hydroxyl groups excluding tert-OH is 1. The van der Waals surface area contributed by atoms with Gasteiger partial charge in [0.05, 0.1) is 6.10 Å². The van der Waals surface area contributed by atoms with Gasteiger partial charge < -0.3 is 10.4 Å². The minimum Gasteiger partial charge on any atom is -0.387 e. The maximum Gasteiger partial charge on any atom is 0.0914 e. The largest absolute Gasteiger partial charge is 0.387 e. The molecule has 120 valence electrons. The Morgan fingerprint density at radius 3 is 2.59 bits per heavy atom. The van der Waals surface area contributed by atoms with Crippen LogP contribution in [0.4, 0.5) is 0 Å². The van der Waals surface area contributed by atoms with Crippen molar-refractivity contribution >= 4 is 22.9 Å². The van der Waals surface area contributed by atoms with Gasteiger partial charge in [0.15, 0.2) is 0 Å². The molecular weight excluding hydrogens is 314 g/mol. The van der Waals surface area contributed by atoms with Gasteiger partial charge in [-0.2, -0.15) is 0 Å². The van der Waals surface area contributed by atoms with Crippen LogP contribution in [-0.4, -0.2) is 17.7 Å². The zero-order chi connectivity index (χ0) is 16.1. The maximum atomic E-state index is 10.2. The number of halogens is 1. The first-order valence-electron chi connectivity index (χ1n) is 7.70. The summed E-state index contributed by atoms with van der Waals surface area (Å²) in [6, 6.07) is 10.0. The molecule has 0 bridgehead atoms. The van der Waals surface area contributed by atoms with E-state index in [1.807, 2.05) is 35.6 Å². The van der Waals surface area contributed by atoms with Crippen LogP contribution in [0.2, 0.25) is 5.02 Å². The standard InChI is InChI=1S/C18H24ClNOS/c1-12(2)15-9-17(22-11-15)7-13(3)20-10-18(21)14-5-4-6-16(19)8-14/h4-6,8-9,11-13,18,20-21H,7,10H2,1-3H3. The molecule has 0 saturated heterocycles. The van der Waals surface area contributed by atoms with Crippen LogP contribution < -0.4 is 5.32 Å². The van der Waals surface area contributed by atoms with Gasteiger partial charge in [0.1, 0.15) is 0 Å². The number of benzene rings is 1. The molecule has 1 aromatic carbocycles. The summed E-state index contributed by atoms with van der Waals surface area (Å²) in [5.41, 5.74) is 2.26. The van der Waals surface area contributed by atoms with Gasteiger partial charge >= 0.3 is 0 Å². The van der Waals surface area contributed by atoms with E-state index in [2.05, 4.69) is 37.5 Å². The van der Waals surface area contributed by atoms with E-state index in [9.17, 15) is 5.11 Å². The molecule has 0 saturated carbocycles. The predicted octanol–water partition coefficient (Wildman–Crippen LogP) is 4.78. The lowest BCUT2D eigenvalue weighted by molar-refractivity contribution is 0.170. The van der Waals surface area contributed by atoms with Crippen molar-refractivity contribution in [2.45, 2.75) is 45.3 Å². The third-order valence-electron chi connectivity index (χ3n) is 3.74. The number of hydrogen-bond donors (Lipinski definition) is 2. The Labute approximate surface area is 142 Å². The molecule has 0 aliphatic carbocycles. The first-order valence-corrected chi connectivity index (χ1v) is 8.95. The third kappa shape index (κ3) is 5.10. The fraction of sp³-hybridized carbons (Fsp3) is 0.444. The summed E-state index contributed by atoms with van der Waals surface area (Å²) in [6.45, 7) is 7.12. The Hall–Kier alpha value is -0.870. The molecule has 2 atom stereocenters. The van der Waals surface area contributed by atoms with Gasteiger partial charge in [-0.15, -0.1) is 11.3 Å². The molecule has 2 aromatic rings. The van der Waals surface area contributed by atoms with Gasteiger partial charge in [0.2, 0.25) is 0 Å². The smallest absolute Gasteiger partial charge is 0.0914 e. The highest BCUT2D eigenvalue weighted by molar-refractivity contribution is 7.10. The van der Waals surface area contributed by atoms with E-state index in [-0.39, 0.29) is 0 Å². The zero-order valence-electron chi connectivity index (χ0n) is 13.3. The molecule has 0 spiro atoms. The average Bonchev–Trinajstić information content (AvgIpc) is 2.93. The van der Waals surface area contributed by atoms with Gasteiger partial charge in [-0.25, -0.2) is 0 Å². The van der Waals surface area contributed by atoms with E-state index in [1.54, 1.807) is 0 Å². The van der Waals surface area contributed by atoms with Gasteiger partial charge in [-0.05, 0) is 54.0 Å². The lowest BCUT2D eigenvalue weighted by atomic mass is 10.1. The number of nitrogens with one attached hydrogen (secondary N) is 1. The molecule has 0 fully saturated rings. The summed E-state index contributed by atoms with van der Waals surface area (Å²) in [5, 5.41) is 16.5. The summed E-state index contributed by atoms with van der Waals surface area (Å²) < 4.78 is 0. The molecule has 1 aromatic heterocycles. The molecule has 0 aliphatic heterocycles. The van der Waals surface area contributed by atoms with E-state index in [0.717, 1.165) is 12.0 Å². The van der Waals surface area contributed by atoms with Crippen LogP contribution in [0, 0.1) is 0 Å².